The van der Waals surface area contributed by atoms with Crippen molar-refractivity contribution in [3.05, 3.63) is 0 Å². The van der Waals surface area contributed by atoms with Crippen molar-refractivity contribution in [2.24, 2.45) is 5.92 Å². The van der Waals surface area contributed by atoms with Gasteiger partial charge in [0, 0.05) is 5.92 Å². The zero-order chi connectivity index (χ0) is 10.8. The second-order valence-electron chi connectivity index (χ2n) is 3.84. The summed E-state index contributed by atoms with van der Waals surface area (Å²) in [6, 6.07) is 0. The maximum Gasteiger partial charge on any atom is 0.395 e. The van der Waals surface area contributed by atoms with Crippen LogP contribution in [0.4, 0.5) is 13.2 Å². The van der Waals surface area contributed by atoms with E-state index < -0.39 is 18.4 Å². The number of likely N-dealkylation sites (tertiary alicyclic amines) is 1. The van der Waals surface area contributed by atoms with Gasteiger partial charge in [-0.25, -0.2) is 0 Å². The summed E-state index contributed by atoms with van der Waals surface area (Å²) >= 11 is 0. The normalized spacial score (nSPS) is 21.1. The molecule has 0 atom stereocenters. The molecule has 2 nitrogen and oxygen atoms in total. The van der Waals surface area contributed by atoms with Gasteiger partial charge < -0.3 is 4.90 Å². The van der Waals surface area contributed by atoms with Gasteiger partial charge >= 0.3 is 6.18 Å². The molecule has 0 unspecified atom stereocenters. The van der Waals surface area contributed by atoms with Gasteiger partial charge in [-0.2, -0.15) is 13.2 Å². The zero-order valence-corrected chi connectivity index (χ0v) is 8.10. The van der Waals surface area contributed by atoms with Crippen LogP contribution in [0, 0.1) is 5.92 Å². The molecular formula is C9H14F3NO. The summed E-state index contributed by atoms with van der Waals surface area (Å²) in [7, 11) is 1.91. The van der Waals surface area contributed by atoms with Gasteiger partial charge in [0.2, 0.25) is 0 Å². The van der Waals surface area contributed by atoms with Gasteiger partial charge in [-0.1, -0.05) is 0 Å². The van der Waals surface area contributed by atoms with E-state index >= 15 is 0 Å². The van der Waals surface area contributed by atoms with E-state index in [4.69, 9.17) is 0 Å². The Morgan fingerprint density at radius 1 is 1.36 bits per heavy atom. The zero-order valence-electron chi connectivity index (χ0n) is 8.10. The van der Waals surface area contributed by atoms with Crippen molar-refractivity contribution >= 4 is 5.78 Å². The molecule has 0 saturated carbocycles. The highest BCUT2D eigenvalue weighted by molar-refractivity contribution is 5.81. The van der Waals surface area contributed by atoms with E-state index in [1.807, 2.05) is 11.9 Å². The minimum atomic E-state index is -4.35. The number of nitrogens with zero attached hydrogens (tertiary/aromatic N) is 1. The van der Waals surface area contributed by atoms with Gasteiger partial charge in [0.25, 0.3) is 0 Å². The van der Waals surface area contributed by atoms with Gasteiger partial charge in [-0.05, 0) is 33.0 Å². The molecule has 0 spiro atoms. The summed E-state index contributed by atoms with van der Waals surface area (Å²) in [5, 5.41) is 0. The highest BCUT2D eigenvalue weighted by atomic mass is 19.4. The van der Waals surface area contributed by atoms with Crippen molar-refractivity contribution in [1.29, 1.82) is 0 Å². The van der Waals surface area contributed by atoms with Crippen LogP contribution in [-0.2, 0) is 4.79 Å². The minimum absolute atomic E-state index is 0.382. The largest absolute Gasteiger partial charge is 0.395 e. The van der Waals surface area contributed by atoms with Gasteiger partial charge in [-0.15, -0.1) is 0 Å². The van der Waals surface area contributed by atoms with Crippen molar-refractivity contribution in [2.75, 3.05) is 20.1 Å². The highest BCUT2D eigenvalue weighted by Gasteiger charge is 2.35. The number of hydrogen-bond acceptors (Lipinski definition) is 2. The topological polar surface area (TPSA) is 20.3 Å². The smallest absolute Gasteiger partial charge is 0.306 e. The summed E-state index contributed by atoms with van der Waals surface area (Å²) in [6.45, 7) is 1.43. The molecule has 14 heavy (non-hydrogen) atoms. The third kappa shape index (κ3) is 3.65. The standard InChI is InChI=1S/C9H14F3NO/c1-13-4-2-7(3-5-13)8(14)6-9(10,11)12/h7H,2-6H2,1H3. The minimum Gasteiger partial charge on any atom is -0.306 e. The maximum absolute atomic E-state index is 11.9. The van der Waals surface area contributed by atoms with Crippen LogP contribution in [0.3, 0.4) is 0 Å². The van der Waals surface area contributed by atoms with Crippen LogP contribution in [0.15, 0.2) is 0 Å². The number of hydrogen-bond donors (Lipinski definition) is 0. The Morgan fingerprint density at radius 2 is 1.86 bits per heavy atom. The Balaban J connectivity index is 2.38. The highest BCUT2D eigenvalue weighted by Crippen LogP contribution is 2.25. The molecule has 1 rings (SSSR count). The third-order valence-electron chi connectivity index (χ3n) is 2.55. The number of piperidine rings is 1. The lowest BCUT2D eigenvalue weighted by molar-refractivity contribution is -0.155. The average Bonchev–Trinajstić information content (AvgIpc) is 2.02. The van der Waals surface area contributed by atoms with Crippen LogP contribution in [-0.4, -0.2) is 37.0 Å². The fourth-order valence-corrected chi connectivity index (χ4v) is 1.67. The Hall–Kier alpha value is -0.580. The molecule has 0 amide bonds. The molecule has 0 N–H and O–H groups in total. The fourth-order valence-electron chi connectivity index (χ4n) is 1.67. The van der Waals surface area contributed by atoms with Gasteiger partial charge in [0.05, 0.1) is 0 Å². The second kappa shape index (κ2) is 4.29. The molecule has 1 aliphatic heterocycles. The van der Waals surface area contributed by atoms with Crippen molar-refractivity contribution in [1.82, 2.24) is 4.90 Å². The first-order valence-electron chi connectivity index (χ1n) is 4.66. The predicted octanol–water partition coefficient (Wildman–Crippen LogP) is 1.85. The lowest BCUT2D eigenvalue weighted by Gasteiger charge is -2.28. The molecule has 0 aromatic carbocycles. The van der Waals surface area contributed by atoms with E-state index in [9.17, 15) is 18.0 Å². The van der Waals surface area contributed by atoms with Crippen molar-refractivity contribution in [3.63, 3.8) is 0 Å². The Labute approximate surface area is 81.1 Å². The number of rotatable bonds is 2. The molecule has 1 saturated heterocycles. The van der Waals surface area contributed by atoms with Crippen LogP contribution in [0.2, 0.25) is 0 Å². The van der Waals surface area contributed by atoms with Crippen LogP contribution in [0.1, 0.15) is 19.3 Å². The molecule has 0 aromatic heterocycles. The van der Waals surface area contributed by atoms with Crippen molar-refractivity contribution < 1.29 is 18.0 Å². The van der Waals surface area contributed by atoms with Crippen LogP contribution >= 0.6 is 0 Å². The van der Waals surface area contributed by atoms with Crippen molar-refractivity contribution in [3.8, 4) is 0 Å². The monoisotopic (exact) mass is 209 g/mol. The van der Waals surface area contributed by atoms with E-state index in [2.05, 4.69) is 0 Å². The first-order chi connectivity index (χ1) is 6.38. The molecule has 0 radical (unpaired) electrons. The molecule has 1 aliphatic rings. The van der Waals surface area contributed by atoms with Crippen molar-refractivity contribution in [2.45, 2.75) is 25.4 Å². The van der Waals surface area contributed by atoms with E-state index in [1.54, 1.807) is 0 Å². The lowest BCUT2D eigenvalue weighted by atomic mass is 9.91. The molecule has 0 aliphatic carbocycles. The summed E-state index contributed by atoms with van der Waals surface area (Å²) in [5.41, 5.74) is 0. The average molecular weight is 209 g/mol. The molecule has 1 heterocycles. The Morgan fingerprint density at radius 3 is 2.29 bits per heavy atom. The molecular weight excluding hydrogens is 195 g/mol. The third-order valence-corrected chi connectivity index (χ3v) is 2.55. The number of ketones is 1. The molecule has 0 bridgehead atoms. The fraction of sp³-hybridized carbons (Fsp3) is 0.889. The summed E-state index contributed by atoms with van der Waals surface area (Å²) in [5.74, 6) is -1.03. The number of carbonyl (C=O) groups excluding carboxylic acids is 1. The van der Waals surface area contributed by atoms with Gasteiger partial charge in [0.15, 0.2) is 0 Å². The Kier molecular flexibility index (Phi) is 3.53. The van der Waals surface area contributed by atoms with Gasteiger partial charge in [0.1, 0.15) is 12.2 Å². The summed E-state index contributed by atoms with van der Waals surface area (Å²) in [4.78, 5) is 13.2. The van der Waals surface area contributed by atoms with E-state index in [-0.39, 0.29) is 5.92 Å². The molecule has 5 heteroatoms. The number of carbonyl (C=O) groups is 1. The van der Waals surface area contributed by atoms with E-state index in [1.165, 1.54) is 0 Å². The number of Topliss-reactive ketones (excluding diaryl/α,β-unsaturated/α-hetero) is 1. The van der Waals surface area contributed by atoms with Gasteiger partial charge in [-0.3, -0.25) is 4.79 Å². The number of halogens is 3. The molecule has 1 fully saturated rings. The van der Waals surface area contributed by atoms with Crippen LogP contribution < -0.4 is 0 Å². The SMILES string of the molecule is CN1CCC(C(=O)CC(F)(F)F)CC1. The lowest BCUT2D eigenvalue weighted by Crippen LogP contribution is -2.34. The van der Waals surface area contributed by atoms with Crippen LogP contribution in [0.25, 0.3) is 0 Å². The van der Waals surface area contributed by atoms with Crippen LogP contribution in [0.5, 0.6) is 0 Å². The number of alkyl halides is 3. The summed E-state index contributed by atoms with van der Waals surface area (Å²) < 4.78 is 35.7. The predicted molar refractivity (Wildman–Crippen MR) is 45.9 cm³/mol. The Bertz CT molecular complexity index is 207. The first-order valence-corrected chi connectivity index (χ1v) is 4.66. The second-order valence-corrected chi connectivity index (χ2v) is 3.84. The first kappa shape index (κ1) is 11.5. The van der Waals surface area contributed by atoms with E-state index in [0.29, 0.717) is 25.9 Å². The quantitative estimate of drug-likeness (QED) is 0.691. The molecule has 82 valence electrons. The maximum atomic E-state index is 11.9. The van der Waals surface area contributed by atoms with E-state index in [0.717, 1.165) is 0 Å². The molecule has 0 aromatic rings. The summed E-state index contributed by atoms with van der Waals surface area (Å²) in [6.07, 6.45) is -4.49.